The molecular formula is C14H18N2O2. The van der Waals surface area contributed by atoms with Gasteiger partial charge >= 0.3 is 0 Å². The molecule has 0 spiro atoms. The van der Waals surface area contributed by atoms with Crippen LogP contribution in [0.3, 0.4) is 0 Å². The number of hydrogen-bond acceptors (Lipinski definition) is 2. The van der Waals surface area contributed by atoms with E-state index in [1.165, 1.54) is 0 Å². The first-order valence-corrected chi connectivity index (χ1v) is 6.28. The summed E-state index contributed by atoms with van der Waals surface area (Å²) >= 11 is 0. The fourth-order valence-corrected chi connectivity index (χ4v) is 1.89. The number of benzene rings is 1. The zero-order chi connectivity index (χ0) is 13.0. The number of nitrogens with one attached hydrogen (secondary N) is 1. The van der Waals surface area contributed by atoms with Crippen LogP contribution in [-0.2, 0) is 9.59 Å². The van der Waals surface area contributed by atoms with E-state index < -0.39 is 0 Å². The van der Waals surface area contributed by atoms with Crippen molar-refractivity contribution in [3.05, 3.63) is 30.3 Å². The number of rotatable bonds is 4. The maximum absolute atomic E-state index is 11.9. The summed E-state index contributed by atoms with van der Waals surface area (Å²) in [6.07, 6.45) is 3.03. The van der Waals surface area contributed by atoms with Crippen molar-refractivity contribution < 1.29 is 9.59 Å². The third-order valence-electron chi connectivity index (χ3n) is 3.41. The van der Waals surface area contributed by atoms with Gasteiger partial charge in [0.25, 0.3) is 0 Å². The van der Waals surface area contributed by atoms with Crippen molar-refractivity contribution in [3.8, 4) is 0 Å². The normalized spacial score (nSPS) is 14.7. The zero-order valence-corrected chi connectivity index (χ0v) is 10.6. The molecule has 1 fully saturated rings. The Bertz CT molecular complexity index is 427. The Kier molecular flexibility index (Phi) is 3.97. The number of nitrogens with zero attached hydrogens (tertiary/aromatic N) is 1. The summed E-state index contributed by atoms with van der Waals surface area (Å²) in [6, 6.07) is 9.40. The van der Waals surface area contributed by atoms with Crippen LogP contribution >= 0.6 is 0 Å². The van der Waals surface area contributed by atoms with Gasteiger partial charge in [-0.25, -0.2) is 0 Å². The molecule has 0 atom stereocenters. The minimum Gasteiger partial charge on any atom is -0.347 e. The highest BCUT2D eigenvalue weighted by Crippen LogP contribution is 2.26. The molecule has 0 saturated heterocycles. The van der Waals surface area contributed by atoms with E-state index in [1.54, 1.807) is 11.9 Å². The van der Waals surface area contributed by atoms with Crippen LogP contribution in [0.1, 0.15) is 19.3 Å². The summed E-state index contributed by atoms with van der Waals surface area (Å²) in [7, 11) is 1.72. The monoisotopic (exact) mass is 246 g/mol. The van der Waals surface area contributed by atoms with Crippen LogP contribution < -0.4 is 10.2 Å². The van der Waals surface area contributed by atoms with Gasteiger partial charge in [-0.1, -0.05) is 24.6 Å². The molecule has 1 aliphatic carbocycles. The summed E-state index contributed by atoms with van der Waals surface area (Å²) in [5.74, 6) is 0.0322. The lowest BCUT2D eigenvalue weighted by atomic mass is 9.85. The predicted molar refractivity (Wildman–Crippen MR) is 70.2 cm³/mol. The largest absolute Gasteiger partial charge is 0.347 e. The lowest BCUT2D eigenvalue weighted by Crippen LogP contribution is -2.41. The summed E-state index contributed by atoms with van der Waals surface area (Å²) in [6.45, 7) is 0.0702. The highest BCUT2D eigenvalue weighted by Gasteiger charge is 2.25. The Balaban J connectivity index is 1.82. The Labute approximate surface area is 107 Å². The van der Waals surface area contributed by atoms with E-state index in [9.17, 15) is 9.59 Å². The molecule has 4 heteroatoms. The number of amides is 2. The summed E-state index contributed by atoms with van der Waals surface area (Å²) in [5, 5.41) is 2.70. The number of para-hydroxylation sites is 1. The van der Waals surface area contributed by atoms with Gasteiger partial charge in [0.1, 0.15) is 0 Å². The van der Waals surface area contributed by atoms with Crippen molar-refractivity contribution >= 4 is 17.5 Å². The molecule has 1 aromatic rings. The molecule has 2 amide bonds. The van der Waals surface area contributed by atoms with Crippen molar-refractivity contribution in [2.24, 2.45) is 5.92 Å². The molecule has 1 aromatic carbocycles. The fraction of sp³-hybridized carbons (Fsp3) is 0.429. The predicted octanol–water partition coefficient (Wildman–Crippen LogP) is 1.57. The molecule has 0 unspecified atom stereocenters. The molecule has 0 heterocycles. The van der Waals surface area contributed by atoms with Gasteiger partial charge in [0.2, 0.25) is 11.8 Å². The van der Waals surface area contributed by atoms with Crippen molar-refractivity contribution in [1.29, 1.82) is 0 Å². The van der Waals surface area contributed by atoms with Gasteiger partial charge in [-0.15, -0.1) is 0 Å². The number of carbonyl (C=O) groups excluding carboxylic acids is 2. The molecule has 1 N–H and O–H groups in total. The summed E-state index contributed by atoms with van der Waals surface area (Å²) in [5.41, 5.74) is 0.834. The average molecular weight is 246 g/mol. The van der Waals surface area contributed by atoms with Crippen LogP contribution in [0.25, 0.3) is 0 Å². The second-order valence-corrected chi connectivity index (χ2v) is 4.63. The van der Waals surface area contributed by atoms with Gasteiger partial charge in [0, 0.05) is 18.7 Å². The number of likely N-dealkylation sites (N-methyl/N-ethyl adjacent to an activating group) is 1. The van der Waals surface area contributed by atoms with Crippen LogP contribution in [0.4, 0.5) is 5.69 Å². The minimum absolute atomic E-state index is 0.0102. The lowest BCUT2D eigenvalue weighted by Gasteiger charge is -2.24. The van der Waals surface area contributed by atoms with E-state index in [0.717, 1.165) is 24.9 Å². The van der Waals surface area contributed by atoms with E-state index in [1.807, 2.05) is 30.3 Å². The van der Waals surface area contributed by atoms with Crippen LogP contribution in [0.5, 0.6) is 0 Å². The van der Waals surface area contributed by atoms with Gasteiger partial charge < -0.3 is 10.2 Å². The molecule has 0 bridgehead atoms. The SMILES string of the molecule is CN(C(=O)CNC(=O)C1CCC1)c1ccccc1. The van der Waals surface area contributed by atoms with Crippen molar-refractivity contribution in [2.45, 2.75) is 19.3 Å². The molecule has 4 nitrogen and oxygen atoms in total. The number of hydrogen-bond donors (Lipinski definition) is 1. The Morgan fingerprint density at radius 1 is 1.28 bits per heavy atom. The smallest absolute Gasteiger partial charge is 0.246 e. The third-order valence-corrected chi connectivity index (χ3v) is 3.41. The maximum Gasteiger partial charge on any atom is 0.246 e. The van der Waals surface area contributed by atoms with Gasteiger partial charge in [-0.3, -0.25) is 9.59 Å². The number of carbonyl (C=O) groups is 2. The first-order valence-electron chi connectivity index (χ1n) is 6.28. The van der Waals surface area contributed by atoms with Crippen LogP contribution in [0, 0.1) is 5.92 Å². The molecular weight excluding hydrogens is 228 g/mol. The minimum atomic E-state index is -0.103. The first-order chi connectivity index (χ1) is 8.68. The van der Waals surface area contributed by atoms with E-state index >= 15 is 0 Å². The van der Waals surface area contributed by atoms with E-state index in [2.05, 4.69) is 5.32 Å². The molecule has 0 aromatic heterocycles. The molecule has 0 aliphatic heterocycles. The molecule has 1 aliphatic rings. The second-order valence-electron chi connectivity index (χ2n) is 4.63. The second kappa shape index (κ2) is 5.67. The van der Waals surface area contributed by atoms with E-state index in [4.69, 9.17) is 0 Å². The van der Waals surface area contributed by atoms with Crippen molar-refractivity contribution in [1.82, 2.24) is 5.32 Å². The molecule has 2 rings (SSSR count). The highest BCUT2D eigenvalue weighted by molar-refractivity contribution is 5.96. The van der Waals surface area contributed by atoms with Gasteiger partial charge in [-0.05, 0) is 25.0 Å². The van der Waals surface area contributed by atoms with Crippen molar-refractivity contribution in [2.75, 3.05) is 18.5 Å². The van der Waals surface area contributed by atoms with Gasteiger partial charge in [0.05, 0.1) is 6.54 Å². The highest BCUT2D eigenvalue weighted by atomic mass is 16.2. The number of anilines is 1. The lowest BCUT2D eigenvalue weighted by molar-refractivity contribution is -0.129. The Morgan fingerprint density at radius 3 is 2.50 bits per heavy atom. The first kappa shape index (κ1) is 12.6. The van der Waals surface area contributed by atoms with E-state index in [0.29, 0.717) is 0 Å². The topological polar surface area (TPSA) is 49.4 Å². The molecule has 96 valence electrons. The van der Waals surface area contributed by atoms with Crippen LogP contribution in [0.2, 0.25) is 0 Å². The van der Waals surface area contributed by atoms with E-state index in [-0.39, 0.29) is 24.3 Å². The quantitative estimate of drug-likeness (QED) is 0.876. The van der Waals surface area contributed by atoms with Crippen molar-refractivity contribution in [3.63, 3.8) is 0 Å². The fourth-order valence-electron chi connectivity index (χ4n) is 1.89. The summed E-state index contributed by atoms with van der Waals surface area (Å²) in [4.78, 5) is 25.1. The Morgan fingerprint density at radius 2 is 1.94 bits per heavy atom. The maximum atomic E-state index is 11.9. The summed E-state index contributed by atoms with van der Waals surface area (Å²) < 4.78 is 0. The molecule has 1 saturated carbocycles. The Hall–Kier alpha value is -1.84. The van der Waals surface area contributed by atoms with Crippen LogP contribution in [0.15, 0.2) is 30.3 Å². The van der Waals surface area contributed by atoms with Crippen LogP contribution in [-0.4, -0.2) is 25.4 Å². The van der Waals surface area contributed by atoms with Gasteiger partial charge in [-0.2, -0.15) is 0 Å². The zero-order valence-electron chi connectivity index (χ0n) is 10.6. The molecule has 18 heavy (non-hydrogen) atoms. The third kappa shape index (κ3) is 2.88. The van der Waals surface area contributed by atoms with Gasteiger partial charge in [0.15, 0.2) is 0 Å². The standard InChI is InChI=1S/C14H18N2O2/c1-16(12-8-3-2-4-9-12)13(17)10-15-14(18)11-6-5-7-11/h2-4,8-9,11H,5-7,10H2,1H3,(H,15,18). The average Bonchev–Trinajstić information content (AvgIpc) is 2.34. The molecule has 0 radical (unpaired) electrons.